The van der Waals surface area contributed by atoms with Gasteiger partial charge in [0.15, 0.2) is 0 Å². The van der Waals surface area contributed by atoms with Crippen molar-refractivity contribution in [3.8, 4) is 0 Å². The van der Waals surface area contributed by atoms with Gasteiger partial charge >= 0.3 is 0 Å². The van der Waals surface area contributed by atoms with Crippen LogP contribution in [0.1, 0.15) is 42.9 Å². The van der Waals surface area contributed by atoms with Crippen LogP contribution in [0.3, 0.4) is 0 Å². The largest absolute Gasteiger partial charge is 0.381 e. The first-order chi connectivity index (χ1) is 10.3. The van der Waals surface area contributed by atoms with Gasteiger partial charge in [0.25, 0.3) is 0 Å². The van der Waals surface area contributed by atoms with E-state index in [4.69, 9.17) is 10.5 Å². The lowest BCUT2D eigenvalue weighted by Gasteiger charge is -2.30. The SMILES string of the molecule is NC(C(=O)NC1CCCc2ccccc21)C1CCOCC1. The fourth-order valence-corrected chi connectivity index (χ4v) is 3.46. The molecular formula is C17H24N2O2. The first kappa shape index (κ1) is 14.5. The van der Waals surface area contributed by atoms with Crippen LogP contribution < -0.4 is 11.1 Å². The molecule has 4 nitrogen and oxygen atoms in total. The maximum absolute atomic E-state index is 12.4. The number of carbonyl (C=O) groups excluding carboxylic acids is 1. The molecule has 0 saturated carbocycles. The second-order valence-corrected chi connectivity index (χ2v) is 6.13. The van der Waals surface area contributed by atoms with Gasteiger partial charge in [-0.1, -0.05) is 24.3 Å². The maximum Gasteiger partial charge on any atom is 0.237 e. The fraction of sp³-hybridized carbons (Fsp3) is 0.588. The lowest BCUT2D eigenvalue weighted by atomic mass is 9.86. The van der Waals surface area contributed by atoms with Gasteiger partial charge in [-0.15, -0.1) is 0 Å². The van der Waals surface area contributed by atoms with E-state index >= 15 is 0 Å². The Kier molecular flexibility index (Phi) is 4.56. The van der Waals surface area contributed by atoms with E-state index in [9.17, 15) is 4.79 Å². The first-order valence-electron chi connectivity index (χ1n) is 7.97. The second kappa shape index (κ2) is 6.58. The fourth-order valence-electron chi connectivity index (χ4n) is 3.46. The molecule has 21 heavy (non-hydrogen) atoms. The highest BCUT2D eigenvalue weighted by atomic mass is 16.5. The highest BCUT2D eigenvalue weighted by Crippen LogP contribution is 2.29. The molecule has 1 heterocycles. The summed E-state index contributed by atoms with van der Waals surface area (Å²) in [7, 11) is 0. The lowest BCUT2D eigenvalue weighted by Crippen LogP contribution is -2.48. The summed E-state index contributed by atoms with van der Waals surface area (Å²) in [5, 5.41) is 3.17. The minimum Gasteiger partial charge on any atom is -0.381 e. The Morgan fingerprint density at radius 3 is 2.81 bits per heavy atom. The van der Waals surface area contributed by atoms with Crippen molar-refractivity contribution in [1.82, 2.24) is 5.32 Å². The van der Waals surface area contributed by atoms with E-state index in [0.29, 0.717) is 0 Å². The van der Waals surface area contributed by atoms with E-state index in [-0.39, 0.29) is 17.9 Å². The van der Waals surface area contributed by atoms with Crippen LogP contribution in [0.25, 0.3) is 0 Å². The van der Waals surface area contributed by atoms with Crippen LogP contribution in [0, 0.1) is 5.92 Å². The lowest BCUT2D eigenvalue weighted by molar-refractivity contribution is -0.125. The third kappa shape index (κ3) is 3.27. The average molecular weight is 288 g/mol. The number of carbonyl (C=O) groups is 1. The van der Waals surface area contributed by atoms with Gasteiger partial charge in [0, 0.05) is 13.2 Å². The number of ether oxygens (including phenoxy) is 1. The van der Waals surface area contributed by atoms with E-state index in [2.05, 4.69) is 23.5 Å². The molecule has 2 aliphatic rings. The van der Waals surface area contributed by atoms with Crippen molar-refractivity contribution in [3.63, 3.8) is 0 Å². The summed E-state index contributed by atoms with van der Waals surface area (Å²) in [5.41, 5.74) is 8.78. The van der Waals surface area contributed by atoms with Crippen LogP contribution in [0.5, 0.6) is 0 Å². The summed E-state index contributed by atoms with van der Waals surface area (Å²) in [6.45, 7) is 1.44. The maximum atomic E-state index is 12.4. The van der Waals surface area contributed by atoms with Crippen LogP contribution >= 0.6 is 0 Å². The highest BCUT2D eigenvalue weighted by Gasteiger charge is 2.29. The topological polar surface area (TPSA) is 64.4 Å². The number of rotatable bonds is 3. The quantitative estimate of drug-likeness (QED) is 0.893. The summed E-state index contributed by atoms with van der Waals surface area (Å²) in [5.74, 6) is 0.237. The minimum atomic E-state index is -0.414. The van der Waals surface area contributed by atoms with E-state index in [1.54, 1.807) is 0 Å². The molecule has 3 rings (SSSR count). The molecule has 114 valence electrons. The number of hydrogen-bond donors (Lipinski definition) is 2. The molecule has 2 unspecified atom stereocenters. The average Bonchev–Trinajstić information content (AvgIpc) is 2.55. The van der Waals surface area contributed by atoms with Gasteiger partial charge in [0.05, 0.1) is 12.1 Å². The summed E-state index contributed by atoms with van der Waals surface area (Å²) < 4.78 is 5.34. The summed E-state index contributed by atoms with van der Waals surface area (Å²) >= 11 is 0. The van der Waals surface area contributed by atoms with Gasteiger partial charge in [-0.3, -0.25) is 4.79 Å². The molecule has 4 heteroatoms. The van der Waals surface area contributed by atoms with Gasteiger partial charge < -0.3 is 15.8 Å². The molecule has 1 aromatic rings. The van der Waals surface area contributed by atoms with Crippen molar-refractivity contribution in [3.05, 3.63) is 35.4 Å². The smallest absolute Gasteiger partial charge is 0.237 e. The molecule has 3 N–H and O–H groups in total. The highest BCUT2D eigenvalue weighted by molar-refractivity contribution is 5.82. The Morgan fingerprint density at radius 2 is 2.00 bits per heavy atom. The zero-order valence-electron chi connectivity index (χ0n) is 12.4. The Hall–Kier alpha value is -1.39. The van der Waals surface area contributed by atoms with Gasteiger partial charge in [-0.05, 0) is 49.1 Å². The van der Waals surface area contributed by atoms with Gasteiger partial charge in [0.1, 0.15) is 0 Å². The van der Waals surface area contributed by atoms with Crippen LogP contribution in [-0.2, 0) is 16.0 Å². The van der Waals surface area contributed by atoms with Crippen molar-refractivity contribution in [2.24, 2.45) is 11.7 Å². The van der Waals surface area contributed by atoms with E-state index in [1.165, 1.54) is 11.1 Å². The minimum absolute atomic E-state index is 0.0106. The van der Waals surface area contributed by atoms with Crippen molar-refractivity contribution in [1.29, 1.82) is 0 Å². The Labute approximate surface area is 126 Å². The number of amides is 1. The van der Waals surface area contributed by atoms with Crippen molar-refractivity contribution >= 4 is 5.91 Å². The molecule has 1 amide bonds. The molecule has 2 atom stereocenters. The van der Waals surface area contributed by atoms with E-state index in [0.717, 1.165) is 45.3 Å². The van der Waals surface area contributed by atoms with Crippen LogP contribution in [-0.4, -0.2) is 25.2 Å². The van der Waals surface area contributed by atoms with Crippen molar-refractivity contribution in [2.75, 3.05) is 13.2 Å². The number of nitrogens with two attached hydrogens (primary N) is 1. The third-order valence-corrected chi connectivity index (χ3v) is 4.76. The second-order valence-electron chi connectivity index (χ2n) is 6.13. The van der Waals surface area contributed by atoms with Gasteiger partial charge in [-0.2, -0.15) is 0 Å². The third-order valence-electron chi connectivity index (χ3n) is 4.76. The molecule has 1 aliphatic heterocycles. The molecule has 0 bridgehead atoms. The molecule has 1 saturated heterocycles. The molecule has 0 aromatic heterocycles. The van der Waals surface area contributed by atoms with Gasteiger partial charge in [0.2, 0.25) is 5.91 Å². The summed E-state index contributed by atoms with van der Waals surface area (Å²) in [6, 6.07) is 8.10. The predicted octanol–water partition coefficient (Wildman–Crippen LogP) is 1.93. The zero-order chi connectivity index (χ0) is 14.7. The number of fused-ring (bicyclic) bond motifs is 1. The summed E-state index contributed by atoms with van der Waals surface area (Å²) in [6.07, 6.45) is 5.00. The summed E-state index contributed by atoms with van der Waals surface area (Å²) in [4.78, 5) is 12.4. The molecule has 0 spiro atoms. The van der Waals surface area contributed by atoms with E-state index < -0.39 is 6.04 Å². The van der Waals surface area contributed by atoms with Gasteiger partial charge in [-0.25, -0.2) is 0 Å². The molecule has 1 fully saturated rings. The Morgan fingerprint density at radius 1 is 1.24 bits per heavy atom. The molecule has 1 aliphatic carbocycles. The molecule has 0 radical (unpaired) electrons. The normalized spacial score (nSPS) is 24.1. The number of hydrogen-bond acceptors (Lipinski definition) is 3. The Bertz CT molecular complexity index is 497. The van der Waals surface area contributed by atoms with Crippen molar-refractivity contribution < 1.29 is 9.53 Å². The standard InChI is InChI=1S/C17H24N2O2/c18-16(13-8-10-21-11-9-13)17(20)19-15-7-3-5-12-4-1-2-6-14(12)15/h1-2,4,6,13,15-16H,3,5,7-11,18H2,(H,19,20). The monoisotopic (exact) mass is 288 g/mol. The number of nitrogens with one attached hydrogen (secondary N) is 1. The predicted molar refractivity (Wildman–Crippen MR) is 81.8 cm³/mol. The van der Waals surface area contributed by atoms with Crippen LogP contribution in [0.2, 0.25) is 0 Å². The Balaban J connectivity index is 1.65. The first-order valence-corrected chi connectivity index (χ1v) is 7.97. The van der Waals surface area contributed by atoms with E-state index in [1.807, 2.05) is 6.07 Å². The van der Waals surface area contributed by atoms with Crippen LogP contribution in [0.4, 0.5) is 0 Å². The van der Waals surface area contributed by atoms with Crippen LogP contribution in [0.15, 0.2) is 24.3 Å². The number of aryl methyl sites for hydroxylation is 1. The molecular weight excluding hydrogens is 264 g/mol. The molecule has 1 aromatic carbocycles. The number of benzene rings is 1. The zero-order valence-corrected chi connectivity index (χ0v) is 12.4. The van der Waals surface area contributed by atoms with Crippen molar-refractivity contribution in [2.45, 2.75) is 44.2 Å².